The topological polar surface area (TPSA) is 121 Å². The fourth-order valence-electron chi connectivity index (χ4n) is 3.75. The third-order valence-corrected chi connectivity index (χ3v) is 7.01. The molecule has 0 radical (unpaired) electrons. The fraction of sp³-hybridized carbons (Fsp3) is 0.545. The van der Waals surface area contributed by atoms with Crippen molar-refractivity contribution >= 4 is 35.1 Å². The Labute approximate surface area is 186 Å². The van der Waals surface area contributed by atoms with Gasteiger partial charge in [-0.3, -0.25) is 4.79 Å². The molecule has 0 saturated heterocycles. The molecule has 0 unspecified atom stereocenters. The van der Waals surface area contributed by atoms with Crippen molar-refractivity contribution < 1.29 is 24.9 Å². The molecular weight excluding hydrogens is 426 g/mol. The predicted octanol–water partition coefficient (Wildman–Crippen LogP) is 3.02. The van der Waals surface area contributed by atoms with E-state index in [1.807, 2.05) is 12.2 Å². The third kappa shape index (κ3) is 7.32. The summed E-state index contributed by atoms with van der Waals surface area (Å²) in [6, 6.07) is 1.69. The van der Waals surface area contributed by atoms with E-state index in [4.69, 9.17) is 17.3 Å². The third-order valence-electron chi connectivity index (χ3n) is 5.39. The van der Waals surface area contributed by atoms with Crippen LogP contribution in [-0.2, 0) is 11.2 Å². The SMILES string of the molecule is NC(=O)c1sc(CC[C@H](O)/C=C/[C@@H]2[C@@H](C/C=C\CCCC=O)[C@@H](O)C[C@H]2O)cc1Cl. The summed E-state index contributed by atoms with van der Waals surface area (Å²) in [5, 5.41) is 31.2. The maximum atomic E-state index is 11.3. The number of primary amides is 1. The molecule has 5 atom stereocenters. The van der Waals surface area contributed by atoms with Gasteiger partial charge in [0.2, 0.25) is 0 Å². The molecular formula is C22H30ClNO5S. The van der Waals surface area contributed by atoms with E-state index in [1.165, 1.54) is 11.3 Å². The Kier molecular flexibility index (Phi) is 10.2. The molecule has 0 spiro atoms. The summed E-state index contributed by atoms with van der Waals surface area (Å²) in [6.45, 7) is 0. The molecule has 0 aliphatic heterocycles. The van der Waals surface area contributed by atoms with Crippen molar-refractivity contribution in [1.29, 1.82) is 0 Å². The summed E-state index contributed by atoms with van der Waals surface area (Å²) in [7, 11) is 0. The van der Waals surface area contributed by atoms with Crippen LogP contribution in [0.2, 0.25) is 5.02 Å². The summed E-state index contributed by atoms with van der Waals surface area (Å²) < 4.78 is 0. The van der Waals surface area contributed by atoms with Crippen LogP contribution in [0.4, 0.5) is 0 Å². The van der Waals surface area contributed by atoms with Crippen LogP contribution in [-0.4, -0.2) is 45.8 Å². The van der Waals surface area contributed by atoms with Gasteiger partial charge in [0.05, 0.1) is 23.3 Å². The molecule has 166 valence electrons. The summed E-state index contributed by atoms with van der Waals surface area (Å²) >= 11 is 7.21. The average Bonchev–Trinajstić information content (AvgIpc) is 3.20. The Hall–Kier alpha value is -1.51. The number of unbranched alkanes of at least 4 members (excludes halogenated alkanes) is 2. The lowest BCUT2D eigenvalue weighted by molar-refractivity contribution is -0.107. The highest BCUT2D eigenvalue weighted by Gasteiger charge is 2.39. The zero-order valence-corrected chi connectivity index (χ0v) is 18.4. The van der Waals surface area contributed by atoms with Gasteiger partial charge in [-0.05, 0) is 44.1 Å². The number of rotatable bonds is 12. The number of aliphatic hydroxyl groups excluding tert-OH is 3. The first kappa shape index (κ1) is 24.8. The van der Waals surface area contributed by atoms with Gasteiger partial charge in [-0.15, -0.1) is 11.3 Å². The first-order chi connectivity index (χ1) is 14.3. The van der Waals surface area contributed by atoms with Gasteiger partial charge >= 0.3 is 0 Å². The van der Waals surface area contributed by atoms with Crippen LogP contribution in [0.25, 0.3) is 0 Å². The molecule has 1 saturated carbocycles. The average molecular weight is 456 g/mol. The van der Waals surface area contributed by atoms with Gasteiger partial charge in [0.15, 0.2) is 0 Å². The van der Waals surface area contributed by atoms with Crippen molar-refractivity contribution in [2.45, 2.75) is 63.3 Å². The second-order valence-corrected chi connectivity index (χ2v) is 9.21. The van der Waals surface area contributed by atoms with E-state index >= 15 is 0 Å². The molecule has 30 heavy (non-hydrogen) atoms. The molecule has 6 nitrogen and oxygen atoms in total. The number of halogens is 1. The summed E-state index contributed by atoms with van der Waals surface area (Å²) in [5.74, 6) is -0.902. The summed E-state index contributed by atoms with van der Waals surface area (Å²) in [4.78, 5) is 22.8. The van der Waals surface area contributed by atoms with Crippen LogP contribution < -0.4 is 5.73 Å². The first-order valence-corrected chi connectivity index (χ1v) is 11.4. The zero-order chi connectivity index (χ0) is 22.1. The van der Waals surface area contributed by atoms with Crippen LogP contribution in [0.1, 0.15) is 53.1 Å². The number of carbonyl (C=O) groups excluding carboxylic acids is 2. The van der Waals surface area contributed by atoms with E-state index in [1.54, 1.807) is 18.2 Å². The zero-order valence-electron chi connectivity index (χ0n) is 16.8. The van der Waals surface area contributed by atoms with E-state index in [0.717, 1.165) is 24.0 Å². The Morgan fingerprint density at radius 1 is 1.30 bits per heavy atom. The van der Waals surface area contributed by atoms with Crippen molar-refractivity contribution in [1.82, 2.24) is 0 Å². The molecule has 2 rings (SSSR count). The highest BCUT2D eigenvalue weighted by Crippen LogP contribution is 2.36. The van der Waals surface area contributed by atoms with Gasteiger partial charge in [0, 0.05) is 23.6 Å². The van der Waals surface area contributed by atoms with Crippen LogP contribution in [0.5, 0.6) is 0 Å². The van der Waals surface area contributed by atoms with Gasteiger partial charge in [0.25, 0.3) is 5.91 Å². The molecule has 1 aromatic heterocycles. The van der Waals surface area contributed by atoms with E-state index < -0.39 is 24.2 Å². The highest BCUT2D eigenvalue weighted by atomic mass is 35.5. The van der Waals surface area contributed by atoms with Crippen molar-refractivity contribution in [2.75, 3.05) is 0 Å². The maximum Gasteiger partial charge on any atom is 0.260 e. The molecule has 8 heteroatoms. The monoisotopic (exact) mass is 455 g/mol. The minimum Gasteiger partial charge on any atom is -0.393 e. The Morgan fingerprint density at radius 2 is 2.07 bits per heavy atom. The number of thiophene rings is 1. The first-order valence-electron chi connectivity index (χ1n) is 10.2. The lowest BCUT2D eigenvalue weighted by Gasteiger charge is -2.19. The lowest BCUT2D eigenvalue weighted by Crippen LogP contribution is -2.20. The minimum absolute atomic E-state index is 0.111. The van der Waals surface area contributed by atoms with Gasteiger partial charge < -0.3 is 25.8 Å². The maximum absolute atomic E-state index is 11.3. The number of carbonyl (C=O) groups is 2. The van der Waals surface area contributed by atoms with Gasteiger partial charge in [-0.25, -0.2) is 0 Å². The largest absolute Gasteiger partial charge is 0.393 e. The molecule has 1 amide bonds. The smallest absolute Gasteiger partial charge is 0.260 e. The second kappa shape index (κ2) is 12.4. The van der Waals surface area contributed by atoms with Crippen molar-refractivity contribution in [3.8, 4) is 0 Å². The number of hydrogen-bond acceptors (Lipinski definition) is 6. The summed E-state index contributed by atoms with van der Waals surface area (Å²) in [6.07, 6.45) is 10.5. The molecule has 1 aliphatic rings. The number of hydrogen-bond donors (Lipinski definition) is 4. The Balaban J connectivity index is 1.87. The molecule has 1 aliphatic carbocycles. The van der Waals surface area contributed by atoms with Crippen LogP contribution in [0.15, 0.2) is 30.4 Å². The van der Waals surface area contributed by atoms with Crippen molar-refractivity contribution in [2.24, 2.45) is 17.6 Å². The van der Waals surface area contributed by atoms with Crippen LogP contribution >= 0.6 is 22.9 Å². The van der Waals surface area contributed by atoms with Gasteiger partial charge in [0.1, 0.15) is 11.2 Å². The second-order valence-electron chi connectivity index (χ2n) is 7.66. The molecule has 1 fully saturated rings. The van der Waals surface area contributed by atoms with Crippen LogP contribution in [0, 0.1) is 11.8 Å². The number of nitrogens with two attached hydrogens (primary N) is 1. The van der Waals surface area contributed by atoms with Gasteiger partial charge in [-0.2, -0.15) is 0 Å². The van der Waals surface area contributed by atoms with Gasteiger partial charge in [-0.1, -0.05) is 35.9 Å². The molecule has 0 bridgehead atoms. The number of aldehydes is 1. The molecule has 0 aromatic carbocycles. The highest BCUT2D eigenvalue weighted by molar-refractivity contribution is 7.14. The molecule has 5 N–H and O–H groups in total. The van der Waals surface area contributed by atoms with Crippen molar-refractivity contribution in [3.05, 3.63) is 45.1 Å². The molecule has 1 heterocycles. The standard InChI is InChI=1S/C22H30ClNO5S/c23-18-12-15(30-21(18)22(24)29)9-7-14(26)8-10-17-16(19(27)13-20(17)28)6-4-2-1-3-5-11-25/h2,4,8,10-12,14,16-17,19-20,26-28H,1,3,5-7,9,13H2,(H2,24,29)/b4-2-,10-8+/t14-,16+,17+,19-,20+/m0/s1. The predicted molar refractivity (Wildman–Crippen MR) is 119 cm³/mol. The summed E-state index contributed by atoms with van der Waals surface area (Å²) in [5.41, 5.74) is 5.27. The molecule has 1 aromatic rings. The normalized spacial score (nSPS) is 25.3. The van der Waals surface area contributed by atoms with Crippen LogP contribution in [0.3, 0.4) is 0 Å². The Bertz CT molecular complexity index is 763. The number of aryl methyl sites for hydroxylation is 1. The van der Waals surface area contributed by atoms with E-state index in [0.29, 0.717) is 42.0 Å². The Morgan fingerprint density at radius 3 is 2.73 bits per heavy atom. The van der Waals surface area contributed by atoms with E-state index in [9.17, 15) is 24.9 Å². The van der Waals surface area contributed by atoms with Crippen molar-refractivity contribution in [3.63, 3.8) is 0 Å². The quantitative estimate of drug-likeness (QED) is 0.219. The number of amides is 1. The fourth-order valence-corrected chi connectivity index (χ4v) is 5.07. The van der Waals surface area contributed by atoms with E-state index in [-0.39, 0.29) is 11.8 Å². The minimum atomic E-state index is -0.715. The number of aliphatic hydroxyl groups is 3. The number of allylic oxidation sites excluding steroid dienone is 2. The lowest BCUT2D eigenvalue weighted by atomic mass is 9.89. The van der Waals surface area contributed by atoms with E-state index in [2.05, 4.69) is 0 Å².